The molecule has 0 aliphatic carbocycles. The van der Waals surface area contributed by atoms with E-state index in [0.717, 1.165) is 34.7 Å². The minimum atomic E-state index is -0.937. The minimum absolute atomic E-state index is 0.0248. The Kier molecular flexibility index (Phi) is 4.81. The molecule has 0 fully saturated rings. The summed E-state index contributed by atoms with van der Waals surface area (Å²) in [6.07, 6.45) is 0.761. The van der Waals surface area contributed by atoms with Crippen molar-refractivity contribution in [1.29, 1.82) is 0 Å². The van der Waals surface area contributed by atoms with Gasteiger partial charge in [-0.1, -0.05) is 42.5 Å². The summed E-state index contributed by atoms with van der Waals surface area (Å²) in [7, 11) is 1.65. The average Bonchev–Trinajstić information content (AvgIpc) is 3.20. The lowest BCUT2D eigenvalue weighted by Gasteiger charge is -2.24. The summed E-state index contributed by atoms with van der Waals surface area (Å²) in [5.41, 5.74) is 4.33. The van der Waals surface area contributed by atoms with Gasteiger partial charge < -0.3 is 9.84 Å². The van der Waals surface area contributed by atoms with Crippen LogP contribution < -0.4 is 9.75 Å². The highest BCUT2D eigenvalue weighted by molar-refractivity contribution is 6.03. The largest absolute Gasteiger partial charge is 0.497 e. The van der Waals surface area contributed by atoms with Crippen LogP contribution in [0.1, 0.15) is 33.9 Å². The maximum Gasteiger partial charge on any atom is 0.335 e. The van der Waals surface area contributed by atoms with Gasteiger partial charge in [-0.15, -0.1) is 0 Å². The third-order valence-electron chi connectivity index (χ3n) is 4.90. The molecule has 0 amide bonds. The number of aromatic carboxylic acids is 1. The fourth-order valence-electron chi connectivity index (χ4n) is 3.40. The third kappa shape index (κ3) is 3.47. The number of carboxylic acid groups (broad SMARTS) is 1. The Morgan fingerprint density at radius 3 is 2.29 bits per heavy atom. The Bertz CT molecular complexity index is 996. The molecule has 0 aromatic heterocycles. The number of ether oxygens (including phenoxy) is 1. The van der Waals surface area contributed by atoms with Crippen LogP contribution in [0.2, 0.25) is 0 Å². The van der Waals surface area contributed by atoms with Crippen LogP contribution in [0, 0.1) is 0 Å². The van der Waals surface area contributed by atoms with E-state index in [1.807, 2.05) is 47.5 Å². The maximum absolute atomic E-state index is 11.2. The van der Waals surface area contributed by atoms with Crippen molar-refractivity contribution in [3.63, 3.8) is 0 Å². The third-order valence-corrected chi connectivity index (χ3v) is 4.90. The number of nitrogens with zero attached hydrogens (tertiary/aromatic N) is 2. The number of anilines is 1. The standard InChI is InChI=1S/C23H20N2O3/c1-28-20-13-9-17(10-14-20)22-15-21(16-5-3-2-4-6-16)24-25(22)19-11-7-18(8-12-19)23(26)27/h2-14,22H,15H2,1H3,(H,26,27)/t22-/m0/s1. The van der Waals surface area contributed by atoms with Crippen LogP contribution in [0.15, 0.2) is 84.0 Å². The zero-order chi connectivity index (χ0) is 19.5. The van der Waals surface area contributed by atoms with Crippen LogP contribution in [0.4, 0.5) is 5.69 Å². The van der Waals surface area contributed by atoms with Crippen molar-refractivity contribution in [2.45, 2.75) is 12.5 Å². The van der Waals surface area contributed by atoms with Crippen LogP contribution in [0.3, 0.4) is 0 Å². The molecule has 28 heavy (non-hydrogen) atoms. The number of hydrogen-bond acceptors (Lipinski definition) is 4. The number of carboxylic acids is 1. The zero-order valence-corrected chi connectivity index (χ0v) is 15.4. The summed E-state index contributed by atoms with van der Waals surface area (Å²) >= 11 is 0. The van der Waals surface area contributed by atoms with Crippen LogP contribution in [-0.4, -0.2) is 23.9 Å². The van der Waals surface area contributed by atoms with E-state index in [4.69, 9.17) is 14.9 Å². The molecule has 1 heterocycles. The molecule has 0 saturated heterocycles. The van der Waals surface area contributed by atoms with Crippen molar-refractivity contribution in [3.8, 4) is 5.75 Å². The van der Waals surface area contributed by atoms with Gasteiger partial charge in [0.15, 0.2) is 0 Å². The second-order valence-electron chi connectivity index (χ2n) is 6.60. The fraction of sp³-hybridized carbons (Fsp3) is 0.130. The number of methoxy groups -OCH3 is 1. The van der Waals surface area contributed by atoms with Gasteiger partial charge in [0, 0.05) is 6.42 Å². The van der Waals surface area contributed by atoms with Crippen molar-refractivity contribution in [2.75, 3.05) is 12.1 Å². The molecular weight excluding hydrogens is 352 g/mol. The highest BCUT2D eigenvalue weighted by atomic mass is 16.5. The molecular formula is C23H20N2O3. The zero-order valence-electron chi connectivity index (χ0n) is 15.4. The number of carbonyl (C=O) groups is 1. The van der Waals surface area contributed by atoms with Crippen molar-refractivity contribution >= 4 is 17.4 Å². The summed E-state index contributed by atoms with van der Waals surface area (Å²) in [6.45, 7) is 0. The minimum Gasteiger partial charge on any atom is -0.497 e. The fourth-order valence-corrected chi connectivity index (χ4v) is 3.40. The Balaban J connectivity index is 1.72. The Morgan fingerprint density at radius 1 is 1.00 bits per heavy atom. The van der Waals surface area contributed by atoms with Crippen LogP contribution in [0.25, 0.3) is 0 Å². The molecule has 5 nitrogen and oxygen atoms in total. The predicted octanol–water partition coefficient (Wildman–Crippen LogP) is 4.75. The number of hydrogen-bond donors (Lipinski definition) is 1. The van der Waals surface area contributed by atoms with E-state index in [0.29, 0.717) is 0 Å². The first-order valence-corrected chi connectivity index (χ1v) is 9.05. The molecule has 0 spiro atoms. The van der Waals surface area contributed by atoms with Gasteiger partial charge >= 0.3 is 5.97 Å². The summed E-state index contributed by atoms with van der Waals surface area (Å²) in [6, 6.07) is 24.9. The monoisotopic (exact) mass is 372 g/mol. The van der Waals surface area contributed by atoms with Crippen LogP contribution in [-0.2, 0) is 0 Å². The van der Waals surface area contributed by atoms with Gasteiger partial charge in [0.1, 0.15) is 5.75 Å². The van der Waals surface area contributed by atoms with Crippen LogP contribution >= 0.6 is 0 Å². The summed E-state index contributed by atoms with van der Waals surface area (Å²) < 4.78 is 5.27. The van der Waals surface area contributed by atoms with Crippen molar-refractivity contribution < 1.29 is 14.6 Å². The molecule has 1 aliphatic rings. The Labute approximate surface area is 163 Å². The topological polar surface area (TPSA) is 62.1 Å². The summed E-state index contributed by atoms with van der Waals surface area (Å²) in [4.78, 5) is 11.2. The molecule has 4 rings (SSSR count). The number of hydrazone groups is 1. The first-order chi connectivity index (χ1) is 13.7. The predicted molar refractivity (Wildman–Crippen MR) is 109 cm³/mol. The SMILES string of the molecule is COc1ccc([C@@H]2CC(c3ccccc3)=NN2c2ccc(C(=O)O)cc2)cc1. The van der Waals surface area contributed by atoms with Crippen molar-refractivity contribution in [2.24, 2.45) is 5.10 Å². The highest BCUT2D eigenvalue weighted by Crippen LogP contribution is 2.37. The number of benzene rings is 3. The molecule has 0 saturated carbocycles. The second-order valence-corrected chi connectivity index (χ2v) is 6.60. The van der Waals surface area contributed by atoms with E-state index in [-0.39, 0.29) is 11.6 Å². The van der Waals surface area contributed by atoms with E-state index in [1.54, 1.807) is 31.4 Å². The quantitative estimate of drug-likeness (QED) is 0.702. The van der Waals surface area contributed by atoms with Gasteiger partial charge in [-0.05, 0) is 47.5 Å². The Hall–Kier alpha value is -3.60. The van der Waals surface area contributed by atoms with Crippen molar-refractivity contribution in [3.05, 3.63) is 95.6 Å². The van der Waals surface area contributed by atoms with Gasteiger partial charge in [-0.25, -0.2) is 4.79 Å². The van der Waals surface area contributed by atoms with E-state index in [2.05, 4.69) is 12.1 Å². The van der Waals surface area contributed by atoms with E-state index < -0.39 is 5.97 Å². The number of rotatable bonds is 5. The molecule has 0 bridgehead atoms. The van der Waals surface area contributed by atoms with Crippen molar-refractivity contribution in [1.82, 2.24) is 0 Å². The van der Waals surface area contributed by atoms with Gasteiger partial charge in [-0.3, -0.25) is 5.01 Å². The summed E-state index contributed by atoms with van der Waals surface area (Å²) in [5, 5.41) is 16.0. The summed E-state index contributed by atoms with van der Waals surface area (Å²) in [5.74, 6) is -0.128. The van der Waals surface area contributed by atoms with E-state index >= 15 is 0 Å². The smallest absolute Gasteiger partial charge is 0.335 e. The highest BCUT2D eigenvalue weighted by Gasteiger charge is 2.30. The molecule has 140 valence electrons. The Morgan fingerprint density at radius 2 is 1.68 bits per heavy atom. The van der Waals surface area contributed by atoms with Gasteiger partial charge in [0.2, 0.25) is 0 Å². The second kappa shape index (κ2) is 7.56. The first-order valence-electron chi connectivity index (χ1n) is 9.05. The van der Waals surface area contributed by atoms with Crippen LogP contribution in [0.5, 0.6) is 5.75 Å². The molecule has 0 radical (unpaired) electrons. The van der Waals surface area contributed by atoms with Gasteiger partial charge in [-0.2, -0.15) is 5.10 Å². The lowest BCUT2D eigenvalue weighted by molar-refractivity contribution is 0.0697. The van der Waals surface area contributed by atoms with Gasteiger partial charge in [0.25, 0.3) is 0 Å². The lowest BCUT2D eigenvalue weighted by Crippen LogP contribution is -2.18. The molecule has 0 unspecified atom stereocenters. The van der Waals surface area contributed by atoms with Gasteiger partial charge in [0.05, 0.1) is 30.1 Å². The molecule has 1 N–H and O–H groups in total. The molecule has 5 heteroatoms. The molecule has 3 aromatic carbocycles. The maximum atomic E-state index is 11.2. The molecule has 1 atom stereocenters. The molecule has 3 aromatic rings. The van der Waals surface area contributed by atoms with E-state index in [1.165, 1.54) is 0 Å². The lowest BCUT2D eigenvalue weighted by atomic mass is 9.98. The average molecular weight is 372 g/mol. The first kappa shape index (κ1) is 17.8. The van der Waals surface area contributed by atoms with E-state index in [9.17, 15) is 4.79 Å². The normalized spacial score (nSPS) is 16.0. The molecule has 1 aliphatic heterocycles.